The number of alkyl halides is 3. The SMILES string of the molecule is CCC(CC)C(O)CNc1ccc(C(F)(F)F)c(C#N)c1. The first-order valence-electron chi connectivity index (χ1n) is 6.86. The summed E-state index contributed by atoms with van der Waals surface area (Å²) in [6, 6.07) is 4.85. The van der Waals surface area contributed by atoms with Gasteiger partial charge in [0.25, 0.3) is 0 Å². The number of nitrogens with zero attached hydrogens (tertiary/aromatic N) is 1. The maximum absolute atomic E-state index is 12.7. The van der Waals surface area contributed by atoms with E-state index in [0.717, 1.165) is 25.0 Å². The van der Waals surface area contributed by atoms with Crippen LogP contribution in [0, 0.1) is 17.2 Å². The van der Waals surface area contributed by atoms with Gasteiger partial charge in [0, 0.05) is 12.2 Å². The Morgan fingerprint density at radius 3 is 2.38 bits per heavy atom. The fraction of sp³-hybridized carbons (Fsp3) is 0.533. The third-order valence-electron chi connectivity index (χ3n) is 3.55. The number of nitriles is 1. The van der Waals surface area contributed by atoms with Crippen molar-refractivity contribution in [3.63, 3.8) is 0 Å². The smallest absolute Gasteiger partial charge is 0.391 e. The molecular formula is C15H19F3N2O. The predicted molar refractivity (Wildman–Crippen MR) is 74.7 cm³/mol. The van der Waals surface area contributed by atoms with Gasteiger partial charge in [-0.15, -0.1) is 0 Å². The van der Waals surface area contributed by atoms with Gasteiger partial charge in [-0.3, -0.25) is 0 Å². The number of anilines is 1. The zero-order valence-corrected chi connectivity index (χ0v) is 12.0. The molecule has 0 amide bonds. The average molecular weight is 300 g/mol. The van der Waals surface area contributed by atoms with E-state index < -0.39 is 23.4 Å². The van der Waals surface area contributed by atoms with Crippen molar-refractivity contribution in [1.82, 2.24) is 0 Å². The van der Waals surface area contributed by atoms with Gasteiger partial charge in [-0.05, 0) is 24.1 Å². The number of benzene rings is 1. The largest absolute Gasteiger partial charge is 0.417 e. The van der Waals surface area contributed by atoms with Crippen LogP contribution in [0.2, 0.25) is 0 Å². The molecule has 0 aliphatic heterocycles. The number of rotatable bonds is 6. The van der Waals surface area contributed by atoms with Gasteiger partial charge in [-0.1, -0.05) is 26.7 Å². The Hall–Kier alpha value is -1.74. The van der Waals surface area contributed by atoms with Crippen molar-refractivity contribution in [1.29, 1.82) is 5.26 Å². The lowest BCUT2D eigenvalue weighted by atomic mass is 9.96. The second kappa shape index (κ2) is 7.32. The van der Waals surface area contributed by atoms with E-state index in [2.05, 4.69) is 5.32 Å². The van der Waals surface area contributed by atoms with Crippen LogP contribution in [0.4, 0.5) is 18.9 Å². The number of halogens is 3. The Balaban J connectivity index is 2.81. The summed E-state index contributed by atoms with van der Waals surface area (Å²) in [5.41, 5.74) is -0.981. The van der Waals surface area contributed by atoms with E-state index in [-0.39, 0.29) is 12.5 Å². The van der Waals surface area contributed by atoms with Crippen LogP contribution in [-0.4, -0.2) is 17.8 Å². The zero-order valence-electron chi connectivity index (χ0n) is 12.0. The number of hydrogen-bond donors (Lipinski definition) is 2. The van der Waals surface area contributed by atoms with Gasteiger partial charge in [0.05, 0.1) is 23.3 Å². The maximum atomic E-state index is 12.7. The minimum absolute atomic E-state index is 0.141. The quantitative estimate of drug-likeness (QED) is 0.840. The first-order chi connectivity index (χ1) is 9.83. The van der Waals surface area contributed by atoms with Crippen molar-refractivity contribution in [3.8, 4) is 6.07 Å². The standard InChI is InChI=1S/C15H19F3N2O/c1-3-10(4-2)14(21)9-20-12-5-6-13(15(16,17)18)11(7-12)8-19/h5-7,10,14,20-21H,3-4,9H2,1-2H3. The summed E-state index contributed by atoms with van der Waals surface area (Å²) < 4.78 is 38.0. The molecule has 1 aromatic rings. The molecule has 0 heterocycles. The molecule has 0 saturated carbocycles. The highest BCUT2D eigenvalue weighted by Crippen LogP contribution is 2.33. The molecule has 0 spiro atoms. The van der Waals surface area contributed by atoms with Gasteiger partial charge in [-0.2, -0.15) is 18.4 Å². The summed E-state index contributed by atoms with van der Waals surface area (Å²) in [6.07, 6.45) is -3.46. The predicted octanol–water partition coefficient (Wildman–Crippen LogP) is 3.79. The second-order valence-corrected chi connectivity index (χ2v) is 4.89. The molecule has 6 heteroatoms. The van der Waals surface area contributed by atoms with Crippen molar-refractivity contribution in [2.75, 3.05) is 11.9 Å². The van der Waals surface area contributed by atoms with Crippen LogP contribution >= 0.6 is 0 Å². The van der Waals surface area contributed by atoms with Crippen LogP contribution in [-0.2, 0) is 6.18 Å². The number of aliphatic hydroxyl groups excluding tert-OH is 1. The van der Waals surface area contributed by atoms with Crippen molar-refractivity contribution in [2.45, 2.75) is 39.0 Å². The molecule has 0 saturated heterocycles. The molecule has 21 heavy (non-hydrogen) atoms. The summed E-state index contributed by atoms with van der Waals surface area (Å²) in [7, 11) is 0. The number of nitrogens with one attached hydrogen (secondary N) is 1. The average Bonchev–Trinajstić information content (AvgIpc) is 2.45. The van der Waals surface area contributed by atoms with E-state index in [1.165, 1.54) is 6.07 Å². The van der Waals surface area contributed by atoms with Crippen LogP contribution in [0.15, 0.2) is 18.2 Å². The third-order valence-corrected chi connectivity index (χ3v) is 3.55. The molecule has 1 atom stereocenters. The first kappa shape index (κ1) is 17.3. The minimum Gasteiger partial charge on any atom is -0.391 e. The van der Waals surface area contributed by atoms with E-state index in [0.29, 0.717) is 5.69 Å². The molecule has 0 radical (unpaired) electrons. The Morgan fingerprint density at radius 1 is 1.29 bits per heavy atom. The van der Waals surface area contributed by atoms with Gasteiger partial charge in [0.2, 0.25) is 0 Å². The Kier molecular flexibility index (Phi) is 6.03. The zero-order chi connectivity index (χ0) is 16.0. The van der Waals surface area contributed by atoms with Gasteiger partial charge in [0.1, 0.15) is 0 Å². The van der Waals surface area contributed by atoms with Crippen LogP contribution in [0.25, 0.3) is 0 Å². The summed E-state index contributed by atoms with van der Waals surface area (Å²) in [4.78, 5) is 0. The lowest BCUT2D eigenvalue weighted by Crippen LogP contribution is -2.27. The summed E-state index contributed by atoms with van der Waals surface area (Å²) in [5.74, 6) is 0.141. The summed E-state index contributed by atoms with van der Waals surface area (Å²) >= 11 is 0. The maximum Gasteiger partial charge on any atom is 0.417 e. The van der Waals surface area contributed by atoms with Gasteiger partial charge < -0.3 is 10.4 Å². The normalized spacial score (nSPS) is 13.0. The van der Waals surface area contributed by atoms with Crippen molar-refractivity contribution >= 4 is 5.69 Å². The van der Waals surface area contributed by atoms with Crippen molar-refractivity contribution in [2.24, 2.45) is 5.92 Å². The Bertz CT molecular complexity index is 505. The Labute approximate surface area is 122 Å². The van der Waals surface area contributed by atoms with E-state index in [1.54, 1.807) is 6.07 Å². The molecular weight excluding hydrogens is 281 g/mol. The van der Waals surface area contributed by atoms with E-state index in [4.69, 9.17) is 5.26 Å². The second-order valence-electron chi connectivity index (χ2n) is 4.89. The molecule has 0 fully saturated rings. The van der Waals surface area contributed by atoms with Gasteiger partial charge in [0.15, 0.2) is 0 Å². The minimum atomic E-state index is -4.54. The molecule has 2 N–H and O–H groups in total. The van der Waals surface area contributed by atoms with Gasteiger partial charge >= 0.3 is 6.18 Å². The van der Waals surface area contributed by atoms with Crippen LogP contribution in [0.3, 0.4) is 0 Å². The van der Waals surface area contributed by atoms with Crippen LogP contribution < -0.4 is 5.32 Å². The fourth-order valence-corrected chi connectivity index (χ4v) is 2.22. The highest BCUT2D eigenvalue weighted by molar-refractivity contribution is 5.53. The molecule has 0 aromatic heterocycles. The number of aliphatic hydroxyl groups is 1. The molecule has 0 aliphatic rings. The Morgan fingerprint density at radius 2 is 1.90 bits per heavy atom. The first-order valence-corrected chi connectivity index (χ1v) is 6.86. The van der Waals surface area contributed by atoms with Crippen LogP contribution in [0.5, 0.6) is 0 Å². The lowest BCUT2D eigenvalue weighted by Gasteiger charge is -2.21. The molecule has 1 rings (SSSR count). The lowest BCUT2D eigenvalue weighted by molar-refractivity contribution is -0.137. The molecule has 0 aliphatic carbocycles. The van der Waals surface area contributed by atoms with Crippen molar-refractivity contribution < 1.29 is 18.3 Å². The monoisotopic (exact) mass is 300 g/mol. The topological polar surface area (TPSA) is 56.0 Å². The number of hydrogen-bond acceptors (Lipinski definition) is 3. The summed E-state index contributed by atoms with van der Waals surface area (Å²) in [5, 5.41) is 21.7. The highest BCUT2D eigenvalue weighted by atomic mass is 19.4. The molecule has 3 nitrogen and oxygen atoms in total. The van der Waals surface area contributed by atoms with E-state index >= 15 is 0 Å². The fourth-order valence-electron chi connectivity index (χ4n) is 2.22. The molecule has 0 bridgehead atoms. The van der Waals surface area contributed by atoms with Gasteiger partial charge in [-0.25, -0.2) is 0 Å². The van der Waals surface area contributed by atoms with Crippen LogP contribution in [0.1, 0.15) is 37.8 Å². The molecule has 116 valence electrons. The molecule has 1 aromatic carbocycles. The third kappa shape index (κ3) is 4.64. The molecule has 1 unspecified atom stereocenters. The van der Waals surface area contributed by atoms with E-state index in [9.17, 15) is 18.3 Å². The van der Waals surface area contributed by atoms with Crippen molar-refractivity contribution in [3.05, 3.63) is 29.3 Å². The van der Waals surface area contributed by atoms with E-state index in [1.807, 2.05) is 13.8 Å². The summed E-state index contributed by atoms with van der Waals surface area (Å²) in [6.45, 7) is 4.19. The highest BCUT2D eigenvalue weighted by Gasteiger charge is 2.33.